The smallest absolute Gasteiger partial charge is 0.116 e. The Bertz CT molecular complexity index is 290. The average molecular weight is 182 g/mol. The summed E-state index contributed by atoms with van der Waals surface area (Å²) in [5.41, 5.74) is 1.09. The van der Waals surface area contributed by atoms with Crippen LogP contribution in [0.4, 0.5) is 5.69 Å². The van der Waals surface area contributed by atoms with Crippen LogP contribution in [0.5, 0.6) is 5.75 Å². The van der Waals surface area contributed by atoms with Crippen LogP contribution in [0.1, 0.15) is 0 Å². The second-order valence-corrected chi connectivity index (χ2v) is 3.54. The van der Waals surface area contributed by atoms with E-state index in [2.05, 4.69) is 10.0 Å². The Balaban J connectivity index is 2.36. The van der Waals surface area contributed by atoms with E-state index in [1.807, 2.05) is 6.07 Å². The SMILES string of the molecule is Oc1ccc2c(c1)SNCCN2. The highest BCUT2D eigenvalue weighted by Gasteiger charge is 2.06. The molecule has 0 bridgehead atoms. The van der Waals surface area contributed by atoms with Crippen molar-refractivity contribution < 1.29 is 5.11 Å². The molecule has 0 atom stereocenters. The van der Waals surface area contributed by atoms with Gasteiger partial charge in [0.15, 0.2) is 0 Å². The number of phenolic OH excluding ortho intramolecular Hbond substituents is 1. The molecule has 0 saturated carbocycles. The van der Waals surface area contributed by atoms with Crippen molar-refractivity contribution in [3.05, 3.63) is 18.2 Å². The van der Waals surface area contributed by atoms with Crippen LogP contribution < -0.4 is 10.0 Å². The van der Waals surface area contributed by atoms with Crippen molar-refractivity contribution in [2.75, 3.05) is 18.4 Å². The van der Waals surface area contributed by atoms with Crippen molar-refractivity contribution in [3.8, 4) is 5.75 Å². The summed E-state index contributed by atoms with van der Waals surface area (Å²) in [5.74, 6) is 0.312. The summed E-state index contributed by atoms with van der Waals surface area (Å²) in [6, 6.07) is 5.34. The first-order valence-corrected chi connectivity index (χ1v) is 4.64. The highest BCUT2D eigenvalue weighted by Crippen LogP contribution is 2.29. The molecule has 3 N–H and O–H groups in total. The van der Waals surface area contributed by atoms with Crippen molar-refractivity contribution >= 4 is 17.6 Å². The number of fused-ring (bicyclic) bond motifs is 1. The Hall–Kier alpha value is -0.870. The maximum atomic E-state index is 9.21. The van der Waals surface area contributed by atoms with E-state index < -0.39 is 0 Å². The molecule has 0 unspecified atom stereocenters. The number of hydrogen-bond donors (Lipinski definition) is 3. The molecular formula is C8H10N2OS. The van der Waals surface area contributed by atoms with Gasteiger partial charge in [0.05, 0.1) is 0 Å². The van der Waals surface area contributed by atoms with Crippen molar-refractivity contribution in [3.63, 3.8) is 0 Å². The summed E-state index contributed by atoms with van der Waals surface area (Å²) in [7, 11) is 0. The summed E-state index contributed by atoms with van der Waals surface area (Å²) in [6.45, 7) is 1.85. The van der Waals surface area contributed by atoms with Crippen molar-refractivity contribution in [1.29, 1.82) is 0 Å². The molecule has 0 spiro atoms. The van der Waals surface area contributed by atoms with Crippen molar-refractivity contribution in [2.24, 2.45) is 0 Å². The van der Waals surface area contributed by atoms with Crippen LogP contribution in [0.3, 0.4) is 0 Å². The second-order valence-electron chi connectivity index (χ2n) is 2.60. The van der Waals surface area contributed by atoms with E-state index in [1.54, 1.807) is 24.1 Å². The van der Waals surface area contributed by atoms with E-state index in [0.717, 1.165) is 23.7 Å². The lowest BCUT2D eigenvalue weighted by molar-refractivity contribution is 0.474. The molecule has 0 aliphatic carbocycles. The van der Waals surface area contributed by atoms with Crippen LogP contribution in [-0.4, -0.2) is 18.2 Å². The molecule has 12 heavy (non-hydrogen) atoms. The lowest BCUT2D eigenvalue weighted by Crippen LogP contribution is -2.12. The predicted octanol–water partition coefficient (Wildman–Crippen LogP) is 1.41. The molecule has 3 nitrogen and oxygen atoms in total. The number of aromatic hydroxyl groups is 1. The largest absolute Gasteiger partial charge is 0.508 e. The number of hydrogen-bond acceptors (Lipinski definition) is 4. The van der Waals surface area contributed by atoms with Gasteiger partial charge in [-0.15, -0.1) is 0 Å². The maximum absolute atomic E-state index is 9.21. The van der Waals surface area contributed by atoms with Crippen molar-refractivity contribution in [2.45, 2.75) is 4.90 Å². The third kappa shape index (κ3) is 1.49. The number of rotatable bonds is 0. The Kier molecular flexibility index (Phi) is 2.10. The zero-order chi connectivity index (χ0) is 8.39. The van der Waals surface area contributed by atoms with E-state index in [-0.39, 0.29) is 0 Å². The number of nitrogens with one attached hydrogen (secondary N) is 2. The topological polar surface area (TPSA) is 44.3 Å². The highest BCUT2D eigenvalue weighted by molar-refractivity contribution is 7.97. The fourth-order valence-corrected chi connectivity index (χ4v) is 1.91. The zero-order valence-electron chi connectivity index (χ0n) is 6.50. The summed E-state index contributed by atoms with van der Waals surface area (Å²) >= 11 is 1.55. The molecule has 1 heterocycles. The van der Waals surface area contributed by atoms with Gasteiger partial charge in [0, 0.05) is 23.7 Å². The van der Waals surface area contributed by atoms with Crippen LogP contribution in [0.2, 0.25) is 0 Å². The monoisotopic (exact) mass is 182 g/mol. The average Bonchev–Trinajstić information content (AvgIpc) is 2.28. The van der Waals surface area contributed by atoms with Crippen LogP contribution in [0, 0.1) is 0 Å². The van der Waals surface area contributed by atoms with Gasteiger partial charge >= 0.3 is 0 Å². The minimum absolute atomic E-state index is 0.312. The molecular weight excluding hydrogens is 172 g/mol. The fraction of sp³-hybridized carbons (Fsp3) is 0.250. The van der Waals surface area contributed by atoms with Crippen LogP contribution in [0.15, 0.2) is 23.1 Å². The molecule has 1 aliphatic rings. The highest BCUT2D eigenvalue weighted by atomic mass is 32.2. The lowest BCUT2D eigenvalue weighted by Gasteiger charge is -2.05. The molecule has 0 saturated heterocycles. The van der Waals surface area contributed by atoms with Crippen molar-refractivity contribution in [1.82, 2.24) is 4.72 Å². The normalized spacial score (nSPS) is 16.0. The van der Waals surface area contributed by atoms with E-state index in [1.165, 1.54) is 0 Å². The van der Waals surface area contributed by atoms with E-state index in [0.29, 0.717) is 5.75 Å². The molecule has 4 heteroatoms. The molecule has 1 aromatic rings. The summed E-state index contributed by atoms with van der Waals surface area (Å²) in [6.07, 6.45) is 0. The summed E-state index contributed by atoms with van der Waals surface area (Å²) in [4.78, 5) is 1.05. The van der Waals surface area contributed by atoms with Gasteiger partial charge in [-0.3, -0.25) is 4.72 Å². The first-order chi connectivity index (χ1) is 5.86. The Morgan fingerprint density at radius 2 is 2.25 bits per heavy atom. The molecule has 64 valence electrons. The Labute approximate surface area is 75.3 Å². The van der Waals surface area contributed by atoms with Gasteiger partial charge in [0.25, 0.3) is 0 Å². The quantitative estimate of drug-likeness (QED) is 0.419. The van der Waals surface area contributed by atoms with Gasteiger partial charge in [-0.2, -0.15) is 0 Å². The molecule has 1 aliphatic heterocycles. The number of anilines is 1. The van der Waals surface area contributed by atoms with Gasteiger partial charge in [-0.25, -0.2) is 0 Å². The first kappa shape index (κ1) is 7.76. The second kappa shape index (κ2) is 3.25. The minimum atomic E-state index is 0.312. The third-order valence-corrected chi connectivity index (χ3v) is 2.60. The molecule has 1 aromatic carbocycles. The van der Waals surface area contributed by atoms with E-state index in [4.69, 9.17) is 0 Å². The molecule has 2 rings (SSSR count). The molecule has 0 amide bonds. The Morgan fingerprint density at radius 3 is 3.17 bits per heavy atom. The maximum Gasteiger partial charge on any atom is 0.116 e. The van der Waals surface area contributed by atoms with Gasteiger partial charge in [0.1, 0.15) is 5.75 Å². The van der Waals surface area contributed by atoms with E-state index >= 15 is 0 Å². The fourth-order valence-electron chi connectivity index (χ4n) is 1.12. The van der Waals surface area contributed by atoms with Gasteiger partial charge < -0.3 is 10.4 Å². The zero-order valence-corrected chi connectivity index (χ0v) is 7.32. The number of benzene rings is 1. The first-order valence-electron chi connectivity index (χ1n) is 3.83. The minimum Gasteiger partial charge on any atom is -0.508 e. The van der Waals surface area contributed by atoms with Gasteiger partial charge in [-0.1, -0.05) is 0 Å². The third-order valence-electron chi connectivity index (χ3n) is 1.69. The lowest BCUT2D eigenvalue weighted by atomic mass is 10.3. The summed E-state index contributed by atoms with van der Waals surface area (Å²) in [5, 5.41) is 12.5. The Morgan fingerprint density at radius 1 is 1.33 bits per heavy atom. The standard InChI is InChI=1S/C8H10N2OS/c11-6-1-2-7-8(5-6)12-10-4-3-9-7/h1-2,5,9-11H,3-4H2. The predicted molar refractivity (Wildman–Crippen MR) is 50.5 cm³/mol. The van der Waals surface area contributed by atoms with E-state index in [9.17, 15) is 5.11 Å². The van der Waals surface area contributed by atoms with Crippen LogP contribution in [0.25, 0.3) is 0 Å². The molecule has 0 aromatic heterocycles. The number of phenols is 1. The van der Waals surface area contributed by atoms with Gasteiger partial charge in [0.2, 0.25) is 0 Å². The van der Waals surface area contributed by atoms with Crippen LogP contribution >= 0.6 is 11.9 Å². The van der Waals surface area contributed by atoms with Gasteiger partial charge in [-0.05, 0) is 30.1 Å². The summed E-state index contributed by atoms with van der Waals surface area (Å²) < 4.78 is 3.17. The van der Waals surface area contributed by atoms with Crippen LogP contribution in [-0.2, 0) is 0 Å². The molecule has 0 radical (unpaired) electrons. The molecule has 0 fully saturated rings.